The molecule has 0 aliphatic carbocycles. The first kappa shape index (κ1) is 23.7. The van der Waals surface area contributed by atoms with E-state index >= 15 is 0 Å². The maximum atomic E-state index is 12.6. The van der Waals surface area contributed by atoms with Crippen LogP contribution in [0.5, 0.6) is 23.0 Å². The number of hydrogen-bond donors (Lipinski definition) is 6. The molecule has 1 heterocycles. The number of benzene rings is 2. The first-order valence-electron chi connectivity index (χ1n) is 9.84. The van der Waals surface area contributed by atoms with Crippen LogP contribution in [0.25, 0.3) is 0 Å². The van der Waals surface area contributed by atoms with Gasteiger partial charge in [-0.3, -0.25) is 14.6 Å². The third kappa shape index (κ3) is 5.65. The van der Waals surface area contributed by atoms with Gasteiger partial charge >= 0.3 is 0 Å². The SMILES string of the molecule is Cc1nc(C)c(C(=O)N/N=C/c2ccc(O)cc2O)cc1C(=O)N/N=C/c1ccc(O)cc1O. The van der Waals surface area contributed by atoms with E-state index < -0.39 is 11.8 Å². The van der Waals surface area contributed by atoms with Crippen molar-refractivity contribution in [2.75, 3.05) is 0 Å². The molecule has 0 atom stereocenters. The van der Waals surface area contributed by atoms with Gasteiger partial charge in [-0.05, 0) is 44.2 Å². The number of amides is 2. The third-order valence-corrected chi connectivity index (χ3v) is 4.66. The van der Waals surface area contributed by atoms with Crippen LogP contribution in [0, 0.1) is 13.8 Å². The lowest BCUT2D eigenvalue weighted by atomic mass is 10.1. The van der Waals surface area contributed by atoms with Crippen molar-refractivity contribution in [3.05, 3.63) is 76.1 Å². The van der Waals surface area contributed by atoms with Gasteiger partial charge in [0, 0.05) is 23.3 Å². The highest BCUT2D eigenvalue weighted by Crippen LogP contribution is 2.21. The predicted octanol–water partition coefficient (Wildman–Crippen LogP) is 2.05. The largest absolute Gasteiger partial charge is 0.508 e. The molecule has 11 heteroatoms. The molecular formula is C23H21N5O6. The van der Waals surface area contributed by atoms with Crippen molar-refractivity contribution in [2.45, 2.75) is 13.8 Å². The van der Waals surface area contributed by atoms with Gasteiger partial charge in [-0.15, -0.1) is 0 Å². The number of hydrogen-bond acceptors (Lipinski definition) is 9. The van der Waals surface area contributed by atoms with Crippen LogP contribution >= 0.6 is 0 Å². The summed E-state index contributed by atoms with van der Waals surface area (Å²) in [6, 6.07) is 9.16. The number of aromatic hydroxyl groups is 4. The number of aryl methyl sites for hydroxylation is 2. The number of nitrogens with one attached hydrogen (secondary N) is 2. The molecular weight excluding hydrogens is 442 g/mol. The van der Waals surface area contributed by atoms with Crippen LogP contribution < -0.4 is 10.9 Å². The van der Waals surface area contributed by atoms with Gasteiger partial charge in [0.25, 0.3) is 11.8 Å². The predicted molar refractivity (Wildman–Crippen MR) is 123 cm³/mol. The van der Waals surface area contributed by atoms with Gasteiger partial charge < -0.3 is 20.4 Å². The fraction of sp³-hybridized carbons (Fsp3) is 0.0870. The minimum atomic E-state index is -0.633. The molecule has 0 aliphatic heterocycles. The van der Waals surface area contributed by atoms with Crippen LogP contribution in [0.3, 0.4) is 0 Å². The summed E-state index contributed by atoms with van der Waals surface area (Å²) >= 11 is 0. The smallest absolute Gasteiger partial charge is 0.273 e. The maximum absolute atomic E-state index is 12.6. The van der Waals surface area contributed by atoms with E-state index in [-0.39, 0.29) is 45.3 Å². The van der Waals surface area contributed by atoms with Crippen LogP contribution in [0.15, 0.2) is 52.7 Å². The molecule has 0 aliphatic rings. The summed E-state index contributed by atoms with van der Waals surface area (Å²) < 4.78 is 0. The second kappa shape index (κ2) is 10.1. The van der Waals surface area contributed by atoms with E-state index in [0.717, 1.165) is 12.1 Å². The van der Waals surface area contributed by atoms with E-state index in [4.69, 9.17) is 0 Å². The van der Waals surface area contributed by atoms with Crippen LogP contribution in [0.4, 0.5) is 0 Å². The van der Waals surface area contributed by atoms with Crippen molar-refractivity contribution < 1.29 is 30.0 Å². The van der Waals surface area contributed by atoms with E-state index in [1.807, 2.05) is 0 Å². The fourth-order valence-corrected chi connectivity index (χ4v) is 2.91. The molecule has 1 aromatic heterocycles. The standard InChI is InChI=1S/C23H21N5O6/c1-12-18(22(33)27-24-10-14-3-5-16(29)7-20(14)31)9-19(13(2)26-12)23(34)28-25-11-15-4-6-17(30)8-21(15)32/h3-11,29-32H,1-2H3,(H,27,33)(H,28,34)/b24-10+,25-11+. The average molecular weight is 463 g/mol. The lowest BCUT2D eigenvalue weighted by molar-refractivity contribution is 0.0954. The molecule has 3 aromatic rings. The van der Waals surface area contributed by atoms with Crippen LogP contribution in [-0.4, -0.2) is 49.7 Å². The molecule has 174 valence electrons. The molecule has 0 radical (unpaired) electrons. The summed E-state index contributed by atoms with van der Waals surface area (Å²) in [4.78, 5) is 29.4. The summed E-state index contributed by atoms with van der Waals surface area (Å²) in [5.41, 5.74) is 6.08. The van der Waals surface area contributed by atoms with E-state index in [2.05, 4.69) is 26.0 Å². The Morgan fingerprint density at radius 3 is 1.53 bits per heavy atom. The molecule has 11 nitrogen and oxygen atoms in total. The Bertz CT molecular complexity index is 1220. The Kier molecular flexibility index (Phi) is 7.07. The Balaban J connectivity index is 1.73. The van der Waals surface area contributed by atoms with E-state index in [9.17, 15) is 30.0 Å². The minimum Gasteiger partial charge on any atom is -0.508 e. The van der Waals surface area contributed by atoms with Gasteiger partial charge in [0.15, 0.2) is 0 Å². The zero-order valence-corrected chi connectivity index (χ0v) is 18.1. The average Bonchev–Trinajstić information content (AvgIpc) is 2.76. The first-order chi connectivity index (χ1) is 16.2. The Morgan fingerprint density at radius 1 is 0.735 bits per heavy atom. The molecule has 0 unspecified atom stereocenters. The first-order valence-corrected chi connectivity index (χ1v) is 9.84. The number of phenols is 4. The van der Waals surface area contributed by atoms with Crippen LogP contribution in [-0.2, 0) is 0 Å². The van der Waals surface area contributed by atoms with Crippen molar-refractivity contribution in [3.8, 4) is 23.0 Å². The molecule has 2 amide bonds. The molecule has 6 N–H and O–H groups in total. The van der Waals surface area contributed by atoms with Gasteiger partial charge in [-0.1, -0.05) is 0 Å². The zero-order valence-electron chi connectivity index (χ0n) is 18.1. The summed E-state index contributed by atoms with van der Waals surface area (Å²) in [5, 5.41) is 45.7. The molecule has 0 saturated heterocycles. The maximum Gasteiger partial charge on any atom is 0.273 e. The third-order valence-electron chi connectivity index (χ3n) is 4.66. The Hall–Kier alpha value is -4.93. The molecule has 0 bridgehead atoms. The molecule has 0 saturated carbocycles. The second-order valence-electron chi connectivity index (χ2n) is 7.14. The molecule has 0 spiro atoms. The number of rotatable bonds is 6. The summed E-state index contributed by atoms with van der Waals surface area (Å²) in [6.07, 6.45) is 2.40. The quantitative estimate of drug-likeness (QED) is 0.239. The number of phenolic OH excluding ortho intramolecular Hbond substituents is 4. The van der Waals surface area contributed by atoms with Gasteiger partial charge in [0.1, 0.15) is 23.0 Å². The Labute approximate surface area is 193 Å². The van der Waals surface area contributed by atoms with E-state index in [0.29, 0.717) is 11.4 Å². The molecule has 2 aromatic carbocycles. The number of hydrazone groups is 2. The van der Waals surface area contributed by atoms with Crippen molar-refractivity contribution >= 4 is 24.2 Å². The van der Waals surface area contributed by atoms with Gasteiger partial charge in [-0.25, -0.2) is 10.9 Å². The second-order valence-corrected chi connectivity index (χ2v) is 7.14. The highest BCUT2D eigenvalue weighted by Gasteiger charge is 2.17. The number of pyridine rings is 1. The number of aromatic nitrogens is 1. The summed E-state index contributed by atoms with van der Waals surface area (Å²) in [5.74, 6) is -1.93. The lowest BCUT2D eigenvalue weighted by Crippen LogP contribution is -2.23. The number of carbonyl (C=O) groups excluding carboxylic acids is 2. The van der Waals surface area contributed by atoms with E-state index in [1.54, 1.807) is 13.8 Å². The fourth-order valence-electron chi connectivity index (χ4n) is 2.91. The Morgan fingerprint density at radius 2 is 1.15 bits per heavy atom. The topological polar surface area (TPSA) is 177 Å². The van der Waals surface area contributed by atoms with Crippen molar-refractivity contribution in [1.29, 1.82) is 0 Å². The van der Waals surface area contributed by atoms with Gasteiger partial charge in [0.05, 0.1) is 34.9 Å². The summed E-state index contributed by atoms with van der Waals surface area (Å²) in [7, 11) is 0. The minimum absolute atomic E-state index is 0.1000. The van der Waals surface area contributed by atoms with E-state index in [1.165, 1.54) is 42.8 Å². The number of carbonyl (C=O) groups is 2. The van der Waals surface area contributed by atoms with Crippen molar-refractivity contribution in [1.82, 2.24) is 15.8 Å². The monoisotopic (exact) mass is 463 g/mol. The zero-order chi connectivity index (χ0) is 24.8. The number of nitrogens with zero attached hydrogens (tertiary/aromatic N) is 3. The molecule has 3 rings (SSSR count). The highest BCUT2D eigenvalue weighted by atomic mass is 16.3. The van der Waals surface area contributed by atoms with Gasteiger partial charge in [-0.2, -0.15) is 10.2 Å². The van der Waals surface area contributed by atoms with Crippen molar-refractivity contribution in [3.63, 3.8) is 0 Å². The molecule has 34 heavy (non-hydrogen) atoms. The van der Waals surface area contributed by atoms with Crippen molar-refractivity contribution in [2.24, 2.45) is 10.2 Å². The van der Waals surface area contributed by atoms with Crippen LogP contribution in [0.1, 0.15) is 43.2 Å². The molecule has 0 fully saturated rings. The van der Waals surface area contributed by atoms with Gasteiger partial charge in [0.2, 0.25) is 0 Å². The summed E-state index contributed by atoms with van der Waals surface area (Å²) in [6.45, 7) is 3.20. The lowest BCUT2D eigenvalue weighted by Gasteiger charge is -2.09. The normalized spacial score (nSPS) is 11.1. The van der Waals surface area contributed by atoms with Crippen LogP contribution in [0.2, 0.25) is 0 Å². The highest BCUT2D eigenvalue weighted by molar-refractivity contribution is 6.01.